The first-order chi connectivity index (χ1) is 12.7. The Balaban J connectivity index is 0.00000261. The maximum absolute atomic E-state index is 11.6. The number of amides is 1. The van der Waals surface area contributed by atoms with Crippen molar-refractivity contribution in [1.29, 1.82) is 0 Å². The molecule has 0 atom stereocenters. The minimum Gasteiger partial charge on any atom is -0.356 e. The first-order valence-corrected chi connectivity index (χ1v) is 8.98. The highest BCUT2D eigenvalue weighted by molar-refractivity contribution is 14.0. The summed E-state index contributed by atoms with van der Waals surface area (Å²) in [5.41, 5.74) is 3.41. The van der Waals surface area contributed by atoms with E-state index in [2.05, 4.69) is 51.3 Å². The van der Waals surface area contributed by atoms with Gasteiger partial charge in [-0.1, -0.05) is 42.5 Å². The summed E-state index contributed by atoms with van der Waals surface area (Å²) >= 11 is 0. The van der Waals surface area contributed by atoms with Crippen molar-refractivity contribution >= 4 is 35.8 Å². The SMILES string of the molecule is CN=C(NCc1ccc(C(=O)NC)cc1)NCC1(c2ccccc2)CC1.I. The van der Waals surface area contributed by atoms with E-state index in [1.807, 2.05) is 24.3 Å². The van der Waals surface area contributed by atoms with Gasteiger partial charge in [-0.2, -0.15) is 0 Å². The van der Waals surface area contributed by atoms with Crippen LogP contribution in [-0.4, -0.2) is 32.5 Å². The molecule has 0 aliphatic heterocycles. The van der Waals surface area contributed by atoms with Crippen LogP contribution in [-0.2, 0) is 12.0 Å². The fraction of sp³-hybridized carbons (Fsp3) is 0.333. The summed E-state index contributed by atoms with van der Waals surface area (Å²) in [5.74, 6) is 0.722. The van der Waals surface area contributed by atoms with Crippen LogP contribution in [0.3, 0.4) is 0 Å². The van der Waals surface area contributed by atoms with Gasteiger partial charge in [0.05, 0.1) is 0 Å². The maximum atomic E-state index is 11.6. The Labute approximate surface area is 178 Å². The third-order valence-corrected chi connectivity index (χ3v) is 4.96. The second kappa shape index (κ2) is 9.73. The number of hydrogen-bond donors (Lipinski definition) is 3. The van der Waals surface area contributed by atoms with Crippen LogP contribution in [0.15, 0.2) is 59.6 Å². The van der Waals surface area contributed by atoms with Gasteiger partial charge in [-0.05, 0) is 36.1 Å². The second-order valence-corrected chi connectivity index (χ2v) is 6.70. The van der Waals surface area contributed by atoms with E-state index in [0.717, 1.165) is 18.1 Å². The van der Waals surface area contributed by atoms with E-state index in [9.17, 15) is 4.79 Å². The van der Waals surface area contributed by atoms with Gasteiger partial charge in [0.25, 0.3) is 5.91 Å². The molecule has 3 rings (SSSR count). The number of nitrogens with zero attached hydrogens (tertiary/aromatic N) is 1. The molecule has 144 valence electrons. The summed E-state index contributed by atoms with van der Waals surface area (Å²) in [6, 6.07) is 18.3. The van der Waals surface area contributed by atoms with E-state index in [1.165, 1.54) is 18.4 Å². The van der Waals surface area contributed by atoms with Crippen molar-refractivity contribution in [2.45, 2.75) is 24.8 Å². The van der Waals surface area contributed by atoms with Crippen molar-refractivity contribution in [1.82, 2.24) is 16.0 Å². The van der Waals surface area contributed by atoms with Crippen LogP contribution in [0.1, 0.15) is 34.3 Å². The highest BCUT2D eigenvalue weighted by Crippen LogP contribution is 2.47. The van der Waals surface area contributed by atoms with E-state index < -0.39 is 0 Å². The van der Waals surface area contributed by atoms with Crippen LogP contribution in [0, 0.1) is 0 Å². The topological polar surface area (TPSA) is 65.5 Å². The molecular weight excluding hydrogens is 451 g/mol. The first-order valence-electron chi connectivity index (χ1n) is 8.98. The molecule has 0 radical (unpaired) electrons. The van der Waals surface area contributed by atoms with Gasteiger partial charge in [-0.25, -0.2) is 0 Å². The minimum absolute atomic E-state index is 0. The van der Waals surface area contributed by atoms with Gasteiger partial charge in [0.2, 0.25) is 0 Å². The number of aliphatic imine (C=N–C) groups is 1. The van der Waals surface area contributed by atoms with Crippen molar-refractivity contribution in [3.05, 3.63) is 71.3 Å². The summed E-state index contributed by atoms with van der Waals surface area (Å²) in [6.45, 7) is 1.54. The fourth-order valence-corrected chi connectivity index (χ4v) is 3.09. The standard InChI is InChI=1S/C21H26N4O.HI/c1-22-19(26)17-10-8-16(9-11-17)14-24-20(23-2)25-15-21(12-13-21)18-6-4-3-5-7-18;/h3-11H,12-15H2,1-2H3,(H,22,26)(H2,23,24,25);1H. The number of benzene rings is 2. The van der Waals surface area contributed by atoms with Crippen LogP contribution in [0.25, 0.3) is 0 Å². The maximum Gasteiger partial charge on any atom is 0.251 e. The normalized spacial score (nSPS) is 14.7. The predicted octanol–water partition coefficient (Wildman–Crippen LogP) is 3.06. The van der Waals surface area contributed by atoms with Crippen molar-refractivity contribution in [2.75, 3.05) is 20.6 Å². The molecule has 1 fully saturated rings. The highest BCUT2D eigenvalue weighted by atomic mass is 127. The molecule has 1 aliphatic carbocycles. The zero-order chi connectivity index (χ0) is 18.4. The van der Waals surface area contributed by atoms with Crippen LogP contribution in [0.4, 0.5) is 0 Å². The molecule has 5 nitrogen and oxygen atoms in total. The van der Waals surface area contributed by atoms with Crippen LogP contribution in [0.2, 0.25) is 0 Å². The van der Waals surface area contributed by atoms with Gasteiger partial charge < -0.3 is 16.0 Å². The first kappa shape index (κ1) is 21.2. The van der Waals surface area contributed by atoms with E-state index in [1.54, 1.807) is 14.1 Å². The molecule has 1 amide bonds. The molecular formula is C21H27IN4O. The van der Waals surface area contributed by atoms with Gasteiger partial charge >= 0.3 is 0 Å². The summed E-state index contributed by atoms with van der Waals surface area (Å²) < 4.78 is 0. The quantitative estimate of drug-likeness (QED) is 0.340. The Kier molecular flexibility index (Phi) is 7.65. The van der Waals surface area contributed by atoms with Crippen LogP contribution >= 0.6 is 24.0 Å². The number of halogens is 1. The minimum atomic E-state index is -0.0716. The van der Waals surface area contributed by atoms with Crippen LogP contribution < -0.4 is 16.0 Å². The number of guanidine groups is 1. The lowest BCUT2D eigenvalue weighted by Crippen LogP contribution is -2.40. The highest BCUT2D eigenvalue weighted by Gasteiger charge is 2.43. The molecule has 0 unspecified atom stereocenters. The van der Waals surface area contributed by atoms with Gasteiger partial charge in [-0.15, -0.1) is 24.0 Å². The number of carbonyl (C=O) groups excluding carboxylic acids is 1. The van der Waals surface area contributed by atoms with E-state index >= 15 is 0 Å². The summed E-state index contributed by atoms with van der Waals surface area (Å²) in [5, 5.41) is 9.42. The molecule has 0 spiro atoms. The Morgan fingerprint density at radius 1 is 1.04 bits per heavy atom. The molecule has 0 bridgehead atoms. The number of carbonyl (C=O) groups is 1. The molecule has 2 aromatic rings. The summed E-state index contributed by atoms with van der Waals surface area (Å²) in [6.07, 6.45) is 2.42. The average Bonchev–Trinajstić information content (AvgIpc) is 3.50. The number of hydrogen-bond acceptors (Lipinski definition) is 2. The van der Waals surface area contributed by atoms with Crippen molar-refractivity contribution in [3.8, 4) is 0 Å². The molecule has 27 heavy (non-hydrogen) atoms. The Bertz CT molecular complexity index is 771. The van der Waals surface area contributed by atoms with Crippen molar-refractivity contribution < 1.29 is 4.79 Å². The molecule has 1 aliphatic rings. The molecule has 3 N–H and O–H groups in total. The van der Waals surface area contributed by atoms with E-state index in [4.69, 9.17) is 0 Å². The molecule has 0 aromatic heterocycles. The Morgan fingerprint density at radius 2 is 1.70 bits per heavy atom. The summed E-state index contributed by atoms with van der Waals surface area (Å²) in [4.78, 5) is 15.9. The Morgan fingerprint density at radius 3 is 2.26 bits per heavy atom. The van der Waals surface area contributed by atoms with Crippen molar-refractivity contribution in [2.24, 2.45) is 4.99 Å². The fourth-order valence-electron chi connectivity index (χ4n) is 3.09. The summed E-state index contributed by atoms with van der Waals surface area (Å²) in [7, 11) is 3.42. The lowest BCUT2D eigenvalue weighted by molar-refractivity contribution is 0.0963. The lowest BCUT2D eigenvalue weighted by Gasteiger charge is -2.19. The Hall–Kier alpha value is -2.09. The van der Waals surface area contributed by atoms with Gasteiger partial charge in [0.15, 0.2) is 5.96 Å². The average molecular weight is 478 g/mol. The van der Waals surface area contributed by atoms with E-state index in [0.29, 0.717) is 12.1 Å². The number of nitrogens with one attached hydrogen (secondary N) is 3. The number of rotatable bonds is 6. The zero-order valence-electron chi connectivity index (χ0n) is 15.8. The molecule has 0 saturated heterocycles. The van der Waals surface area contributed by atoms with Crippen molar-refractivity contribution in [3.63, 3.8) is 0 Å². The zero-order valence-corrected chi connectivity index (χ0v) is 18.1. The monoisotopic (exact) mass is 478 g/mol. The molecule has 2 aromatic carbocycles. The third-order valence-electron chi connectivity index (χ3n) is 4.96. The van der Waals surface area contributed by atoms with Crippen LogP contribution in [0.5, 0.6) is 0 Å². The predicted molar refractivity (Wildman–Crippen MR) is 121 cm³/mol. The van der Waals surface area contributed by atoms with E-state index in [-0.39, 0.29) is 35.3 Å². The second-order valence-electron chi connectivity index (χ2n) is 6.70. The van der Waals surface area contributed by atoms with Gasteiger partial charge in [0, 0.05) is 38.2 Å². The smallest absolute Gasteiger partial charge is 0.251 e. The molecule has 1 saturated carbocycles. The lowest BCUT2D eigenvalue weighted by atomic mass is 9.96. The molecule has 6 heteroatoms. The third kappa shape index (κ3) is 5.45. The largest absolute Gasteiger partial charge is 0.356 e. The van der Waals surface area contributed by atoms with Gasteiger partial charge in [-0.3, -0.25) is 9.79 Å². The van der Waals surface area contributed by atoms with Gasteiger partial charge in [0.1, 0.15) is 0 Å². The molecule has 0 heterocycles.